The van der Waals surface area contributed by atoms with Gasteiger partial charge in [-0.15, -0.1) is 0 Å². The van der Waals surface area contributed by atoms with Crippen LogP contribution >= 0.6 is 0 Å². The van der Waals surface area contributed by atoms with E-state index in [0.717, 1.165) is 30.6 Å². The average Bonchev–Trinajstić information content (AvgIpc) is 2.74. The van der Waals surface area contributed by atoms with E-state index in [1.54, 1.807) is 0 Å². The summed E-state index contributed by atoms with van der Waals surface area (Å²) in [6.07, 6.45) is 6.20. The second kappa shape index (κ2) is 6.04. The van der Waals surface area contributed by atoms with E-state index < -0.39 is 0 Å². The second-order valence-corrected chi connectivity index (χ2v) is 6.80. The Morgan fingerprint density at radius 2 is 2.00 bits per heavy atom. The number of aromatic nitrogens is 2. The number of nitrogens with zero attached hydrogens (tertiary/aromatic N) is 2. The van der Waals surface area contributed by atoms with E-state index in [1.165, 1.54) is 25.7 Å². The molecule has 2 unspecified atom stereocenters. The van der Waals surface area contributed by atoms with Crippen LogP contribution in [0.2, 0.25) is 0 Å². The van der Waals surface area contributed by atoms with E-state index in [4.69, 9.17) is 4.52 Å². The van der Waals surface area contributed by atoms with Gasteiger partial charge in [-0.3, -0.25) is 0 Å². The monoisotopic (exact) mass is 265 g/mol. The van der Waals surface area contributed by atoms with Crippen molar-refractivity contribution in [3.63, 3.8) is 0 Å². The van der Waals surface area contributed by atoms with Crippen LogP contribution in [0.25, 0.3) is 0 Å². The summed E-state index contributed by atoms with van der Waals surface area (Å²) >= 11 is 0. The molecule has 1 aromatic rings. The quantitative estimate of drug-likeness (QED) is 0.908. The minimum atomic E-state index is 0.388. The summed E-state index contributed by atoms with van der Waals surface area (Å²) in [5.74, 6) is 2.24. The molecule has 4 nitrogen and oxygen atoms in total. The van der Waals surface area contributed by atoms with Gasteiger partial charge in [-0.1, -0.05) is 38.8 Å². The number of hydrogen-bond acceptors (Lipinski definition) is 4. The minimum absolute atomic E-state index is 0.388. The van der Waals surface area contributed by atoms with Crippen molar-refractivity contribution in [3.8, 4) is 0 Å². The zero-order chi connectivity index (χ0) is 13.9. The van der Waals surface area contributed by atoms with Crippen LogP contribution < -0.4 is 5.32 Å². The van der Waals surface area contributed by atoms with Gasteiger partial charge < -0.3 is 9.84 Å². The molecule has 4 heteroatoms. The third kappa shape index (κ3) is 4.03. The van der Waals surface area contributed by atoms with Gasteiger partial charge in [0.1, 0.15) is 0 Å². The van der Waals surface area contributed by atoms with Crippen molar-refractivity contribution in [2.45, 2.75) is 65.8 Å². The molecule has 1 heterocycles. The highest BCUT2D eigenvalue weighted by Gasteiger charge is 2.33. The number of nitrogens with one attached hydrogen (secondary N) is 1. The molecular formula is C15H27N3O. The van der Waals surface area contributed by atoms with Crippen LogP contribution in [-0.4, -0.2) is 22.7 Å². The van der Waals surface area contributed by atoms with Crippen molar-refractivity contribution in [2.24, 2.45) is 11.3 Å². The first kappa shape index (κ1) is 14.5. The minimum Gasteiger partial charge on any atom is -0.339 e. The van der Waals surface area contributed by atoms with Gasteiger partial charge in [0.2, 0.25) is 5.89 Å². The van der Waals surface area contributed by atoms with Gasteiger partial charge in [0.05, 0.1) is 0 Å². The lowest BCUT2D eigenvalue weighted by Gasteiger charge is -2.41. The molecule has 1 aliphatic carbocycles. The maximum absolute atomic E-state index is 5.15. The van der Waals surface area contributed by atoms with Gasteiger partial charge in [-0.05, 0) is 31.1 Å². The number of rotatable bonds is 4. The average molecular weight is 265 g/mol. The standard InChI is InChI=1S/C15H27N3O/c1-11-17-14(19-18-11)9-10-16-13-8-6-5-7-12(13)15(2,3)4/h12-13,16H,5-10H2,1-4H3. The van der Waals surface area contributed by atoms with Crippen LogP contribution in [0.1, 0.15) is 58.2 Å². The molecule has 108 valence electrons. The SMILES string of the molecule is Cc1noc(CCNC2CCCCC2C(C)(C)C)n1. The lowest BCUT2D eigenvalue weighted by atomic mass is 9.69. The van der Waals surface area contributed by atoms with Gasteiger partial charge >= 0.3 is 0 Å². The molecule has 0 aromatic carbocycles. The Morgan fingerprint density at radius 1 is 1.26 bits per heavy atom. The highest BCUT2D eigenvalue weighted by molar-refractivity contribution is 4.89. The molecule has 1 N–H and O–H groups in total. The van der Waals surface area contributed by atoms with E-state index in [1.807, 2.05) is 6.92 Å². The molecule has 1 fully saturated rings. The Balaban J connectivity index is 1.83. The molecule has 1 aliphatic rings. The summed E-state index contributed by atoms with van der Waals surface area (Å²) in [7, 11) is 0. The molecular weight excluding hydrogens is 238 g/mol. The molecule has 1 aromatic heterocycles. The molecule has 0 amide bonds. The predicted octanol–water partition coefficient (Wildman–Crippen LogP) is 3.12. The summed E-state index contributed by atoms with van der Waals surface area (Å²) in [5, 5.41) is 7.53. The maximum Gasteiger partial charge on any atom is 0.227 e. The molecule has 2 atom stereocenters. The van der Waals surface area contributed by atoms with Crippen LogP contribution in [-0.2, 0) is 6.42 Å². The van der Waals surface area contributed by atoms with Crippen LogP contribution in [0, 0.1) is 18.3 Å². The Labute approximate surface area is 116 Å². The zero-order valence-corrected chi connectivity index (χ0v) is 12.7. The molecule has 0 spiro atoms. The smallest absolute Gasteiger partial charge is 0.227 e. The van der Waals surface area contributed by atoms with Crippen LogP contribution in [0.15, 0.2) is 4.52 Å². The summed E-state index contributed by atoms with van der Waals surface area (Å²) in [6, 6.07) is 0.637. The van der Waals surface area contributed by atoms with Crippen molar-refractivity contribution >= 4 is 0 Å². The van der Waals surface area contributed by atoms with E-state index >= 15 is 0 Å². The zero-order valence-electron chi connectivity index (χ0n) is 12.7. The molecule has 0 radical (unpaired) electrons. The molecule has 0 aliphatic heterocycles. The normalized spacial score (nSPS) is 24.6. The van der Waals surface area contributed by atoms with Gasteiger partial charge in [0.25, 0.3) is 0 Å². The lowest BCUT2D eigenvalue weighted by Crippen LogP contribution is -2.44. The molecule has 2 rings (SSSR count). The predicted molar refractivity (Wildman–Crippen MR) is 75.9 cm³/mol. The van der Waals surface area contributed by atoms with Crippen molar-refractivity contribution in [1.29, 1.82) is 0 Å². The number of aryl methyl sites for hydroxylation is 1. The van der Waals surface area contributed by atoms with Gasteiger partial charge in [-0.2, -0.15) is 4.98 Å². The summed E-state index contributed by atoms with van der Waals surface area (Å²) in [5.41, 5.74) is 0.388. The molecule has 19 heavy (non-hydrogen) atoms. The van der Waals surface area contributed by atoms with Crippen LogP contribution in [0.5, 0.6) is 0 Å². The largest absolute Gasteiger partial charge is 0.339 e. The van der Waals surface area contributed by atoms with E-state index in [0.29, 0.717) is 11.5 Å². The van der Waals surface area contributed by atoms with Crippen molar-refractivity contribution < 1.29 is 4.52 Å². The van der Waals surface area contributed by atoms with Gasteiger partial charge in [0.15, 0.2) is 5.82 Å². The van der Waals surface area contributed by atoms with Crippen LogP contribution in [0.3, 0.4) is 0 Å². The Kier molecular flexibility index (Phi) is 4.61. The molecule has 0 bridgehead atoms. The lowest BCUT2D eigenvalue weighted by molar-refractivity contribution is 0.131. The topological polar surface area (TPSA) is 51.0 Å². The summed E-state index contributed by atoms with van der Waals surface area (Å²) in [4.78, 5) is 4.24. The summed E-state index contributed by atoms with van der Waals surface area (Å²) in [6.45, 7) is 9.87. The fourth-order valence-corrected chi connectivity index (χ4v) is 3.22. The molecule has 1 saturated carbocycles. The van der Waals surface area contributed by atoms with Crippen LogP contribution in [0.4, 0.5) is 0 Å². The Bertz CT molecular complexity index is 394. The summed E-state index contributed by atoms with van der Waals surface area (Å²) < 4.78 is 5.15. The van der Waals surface area contributed by atoms with Gasteiger partial charge in [0, 0.05) is 19.0 Å². The van der Waals surface area contributed by atoms with E-state index in [2.05, 4.69) is 36.2 Å². The first-order valence-electron chi connectivity index (χ1n) is 7.49. The first-order valence-corrected chi connectivity index (χ1v) is 7.49. The number of hydrogen-bond donors (Lipinski definition) is 1. The first-order chi connectivity index (χ1) is 8.97. The Hall–Kier alpha value is -0.900. The van der Waals surface area contributed by atoms with Gasteiger partial charge in [-0.25, -0.2) is 0 Å². The molecule has 0 saturated heterocycles. The van der Waals surface area contributed by atoms with Crippen molar-refractivity contribution in [2.75, 3.05) is 6.54 Å². The van der Waals surface area contributed by atoms with Crippen molar-refractivity contribution in [1.82, 2.24) is 15.5 Å². The fourth-order valence-electron chi connectivity index (χ4n) is 3.22. The van der Waals surface area contributed by atoms with E-state index in [9.17, 15) is 0 Å². The Morgan fingerprint density at radius 3 is 2.63 bits per heavy atom. The highest BCUT2D eigenvalue weighted by atomic mass is 16.5. The third-order valence-corrected chi connectivity index (χ3v) is 4.19. The second-order valence-electron chi connectivity index (χ2n) is 6.80. The fraction of sp³-hybridized carbons (Fsp3) is 0.867. The third-order valence-electron chi connectivity index (χ3n) is 4.19. The van der Waals surface area contributed by atoms with Crippen molar-refractivity contribution in [3.05, 3.63) is 11.7 Å². The van der Waals surface area contributed by atoms with E-state index in [-0.39, 0.29) is 0 Å². The highest BCUT2D eigenvalue weighted by Crippen LogP contribution is 2.37. The maximum atomic E-state index is 5.15.